The van der Waals surface area contributed by atoms with Crippen LogP contribution in [0.25, 0.3) is 0 Å². The van der Waals surface area contributed by atoms with Crippen LogP contribution in [0.3, 0.4) is 0 Å². The number of fused-ring (bicyclic) bond motifs is 1. The molecule has 1 unspecified atom stereocenters. The molecule has 0 radical (unpaired) electrons. The maximum atomic E-state index is 13.0. The second kappa shape index (κ2) is 4.93. The normalized spacial score (nSPS) is 17.9. The van der Waals surface area contributed by atoms with E-state index in [0.29, 0.717) is 0 Å². The zero-order valence-electron chi connectivity index (χ0n) is 12.3. The predicted octanol–water partition coefficient (Wildman–Crippen LogP) is 4.51. The summed E-state index contributed by atoms with van der Waals surface area (Å²) in [4.78, 5) is 13.0. The number of hydrogen-bond acceptors (Lipinski definition) is 2. The highest BCUT2D eigenvalue weighted by Crippen LogP contribution is 2.36. The van der Waals surface area contributed by atoms with Crippen molar-refractivity contribution in [1.82, 2.24) is 0 Å². The fourth-order valence-electron chi connectivity index (χ4n) is 3.36. The van der Waals surface area contributed by atoms with Crippen LogP contribution in [0.4, 0.5) is 0 Å². The van der Waals surface area contributed by atoms with Crippen LogP contribution >= 0.6 is 0 Å². The molecule has 20 heavy (non-hydrogen) atoms. The van der Waals surface area contributed by atoms with E-state index in [-0.39, 0.29) is 11.7 Å². The number of rotatable bonds is 2. The monoisotopic (exact) mass is 268 g/mol. The van der Waals surface area contributed by atoms with E-state index in [9.17, 15) is 4.79 Å². The lowest BCUT2D eigenvalue weighted by molar-refractivity contribution is 0.0949. The Morgan fingerprint density at radius 3 is 2.60 bits per heavy atom. The third-order valence-corrected chi connectivity index (χ3v) is 4.49. The second-order valence-corrected chi connectivity index (χ2v) is 5.72. The highest BCUT2D eigenvalue weighted by atomic mass is 16.3. The lowest BCUT2D eigenvalue weighted by Gasteiger charge is -2.24. The van der Waals surface area contributed by atoms with Crippen LogP contribution in [0.5, 0.6) is 0 Å². The molecule has 0 fully saturated rings. The van der Waals surface area contributed by atoms with Gasteiger partial charge in [0.25, 0.3) is 0 Å². The average Bonchev–Trinajstić information content (AvgIpc) is 2.71. The molecule has 0 N–H and O–H groups in total. The predicted molar refractivity (Wildman–Crippen MR) is 79.4 cm³/mol. The van der Waals surface area contributed by atoms with Gasteiger partial charge in [-0.1, -0.05) is 24.3 Å². The van der Waals surface area contributed by atoms with Crippen LogP contribution < -0.4 is 0 Å². The maximum absolute atomic E-state index is 13.0. The number of ketones is 1. The molecule has 1 heterocycles. The fraction of sp³-hybridized carbons (Fsp3) is 0.389. The van der Waals surface area contributed by atoms with Gasteiger partial charge in [-0.3, -0.25) is 4.79 Å². The van der Waals surface area contributed by atoms with Gasteiger partial charge in [0.1, 0.15) is 11.5 Å². The van der Waals surface area contributed by atoms with Gasteiger partial charge in [0, 0.05) is 11.5 Å². The molecule has 2 aromatic rings. The Morgan fingerprint density at radius 1 is 1.15 bits per heavy atom. The molecular weight excluding hydrogens is 248 g/mol. The van der Waals surface area contributed by atoms with E-state index in [2.05, 4.69) is 18.2 Å². The quantitative estimate of drug-likeness (QED) is 0.750. The fourth-order valence-corrected chi connectivity index (χ4v) is 3.36. The molecule has 2 heteroatoms. The first-order valence-corrected chi connectivity index (χ1v) is 7.28. The minimum atomic E-state index is -0.00523. The topological polar surface area (TPSA) is 30.2 Å². The zero-order valence-corrected chi connectivity index (χ0v) is 12.3. The van der Waals surface area contributed by atoms with Crippen molar-refractivity contribution in [3.8, 4) is 0 Å². The van der Waals surface area contributed by atoms with Crippen molar-refractivity contribution in [2.45, 2.75) is 46.0 Å². The number of aryl methyl sites for hydroxylation is 3. The Labute approximate surface area is 119 Å². The molecule has 1 atom stereocenters. The molecular formula is C18H20O2. The molecule has 0 spiro atoms. The van der Waals surface area contributed by atoms with Crippen LogP contribution in [-0.2, 0) is 6.42 Å². The smallest absolute Gasteiger partial charge is 0.174 e. The van der Waals surface area contributed by atoms with Gasteiger partial charge in [-0.15, -0.1) is 0 Å². The van der Waals surface area contributed by atoms with Crippen LogP contribution in [0.1, 0.15) is 57.3 Å². The van der Waals surface area contributed by atoms with Crippen molar-refractivity contribution in [2.24, 2.45) is 0 Å². The van der Waals surface area contributed by atoms with E-state index in [1.54, 1.807) is 0 Å². The standard InChI is InChI=1S/C18H20O2/c1-11-12(2)20-13(3)17(11)18(19)16-10-6-8-14-7-4-5-9-15(14)16/h4-5,7,9,16H,6,8,10H2,1-3H3. The molecule has 1 aromatic heterocycles. The van der Waals surface area contributed by atoms with Gasteiger partial charge in [0.05, 0.1) is 5.56 Å². The van der Waals surface area contributed by atoms with Crippen LogP contribution in [0, 0.1) is 20.8 Å². The first kappa shape index (κ1) is 13.2. The number of benzene rings is 1. The van der Waals surface area contributed by atoms with E-state index >= 15 is 0 Å². The summed E-state index contributed by atoms with van der Waals surface area (Å²) < 4.78 is 5.62. The van der Waals surface area contributed by atoms with E-state index in [1.165, 1.54) is 11.1 Å². The average molecular weight is 268 g/mol. The Bertz CT molecular complexity index is 664. The lowest BCUT2D eigenvalue weighted by atomic mass is 9.78. The molecule has 0 bridgehead atoms. The van der Waals surface area contributed by atoms with Crippen molar-refractivity contribution in [3.63, 3.8) is 0 Å². The molecule has 104 valence electrons. The molecule has 1 aliphatic rings. The largest absolute Gasteiger partial charge is 0.466 e. The van der Waals surface area contributed by atoms with E-state index in [1.807, 2.05) is 26.8 Å². The molecule has 0 saturated carbocycles. The number of furan rings is 1. The summed E-state index contributed by atoms with van der Waals surface area (Å²) in [6, 6.07) is 8.35. The SMILES string of the molecule is Cc1oc(C)c(C(=O)C2CCCc3ccccc32)c1C. The van der Waals surface area contributed by atoms with E-state index in [4.69, 9.17) is 4.42 Å². The van der Waals surface area contributed by atoms with Gasteiger partial charge in [0.2, 0.25) is 0 Å². The van der Waals surface area contributed by atoms with Crippen molar-refractivity contribution in [2.75, 3.05) is 0 Å². The Morgan fingerprint density at radius 2 is 1.90 bits per heavy atom. The third kappa shape index (κ3) is 2.00. The minimum Gasteiger partial charge on any atom is -0.466 e. The molecule has 1 aromatic carbocycles. The van der Waals surface area contributed by atoms with Gasteiger partial charge >= 0.3 is 0 Å². The molecule has 3 rings (SSSR count). The summed E-state index contributed by atoms with van der Waals surface area (Å²) in [5, 5.41) is 0. The Balaban J connectivity index is 2.04. The van der Waals surface area contributed by atoms with E-state index < -0.39 is 0 Å². The highest BCUT2D eigenvalue weighted by Gasteiger charge is 2.30. The highest BCUT2D eigenvalue weighted by molar-refractivity contribution is 6.03. The minimum absolute atomic E-state index is 0.00523. The molecule has 2 nitrogen and oxygen atoms in total. The summed E-state index contributed by atoms with van der Waals surface area (Å²) in [7, 11) is 0. The van der Waals surface area contributed by atoms with Gasteiger partial charge in [-0.05, 0) is 51.2 Å². The van der Waals surface area contributed by atoms with Gasteiger partial charge in [-0.25, -0.2) is 0 Å². The summed E-state index contributed by atoms with van der Waals surface area (Å²) in [5.41, 5.74) is 4.33. The summed E-state index contributed by atoms with van der Waals surface area (Å²) >= 11 is 0. The van der Waals surface area contributed by atoms with Gasteiger partial charge in [-0.2, -0.15) is 0 Å². The molecule has 1 aliphatic carbocycles. The van der Waals surface area contributed by atoms with Crippen molar-refractivity contribution >= 4 is 5.78 Å². The number of Topliss-reactive ketones (excluding diaryl/α,β-unsaturated/α-hetero) is 1. The van der Waals surface area contributed by atoms with Crippen LogP contribution in [0.15, 0.2) is 28.7 Å². The Kier molecular flexibility index (Phi) is 3.25. The van der Waals surface area contributed by atoms with Crippen LogP contribution in [-0.4, -0.2) is 5.78 Å². The van der Waals surface area contributed by atoms with Crippen molar-refractivity contribution in [1.29, 1.82) is 0 Å². The molecule has 0 amide bonds. The van der Waals surface area contributed by atoms with Gasteiger partial charge < -0.3 is 4.42 Å². The van der Waals surface area contributed by atoms with Crippen molar-refractivity contribution < 1.29 is 9.21 Å². The number of carbonyl (C=O) groups is 1. The van der Waals surface area contributed by atoms with E-state index in [0.717, 1.165) is 41.9 Å². The second-order valence-electron chi connectivity index (χ2n) is 5.72. The first-order valence-electron chi connectivity index (χ1n) is 7.28. The number of carbonyl (C=O) groups excluding carboxylic acids is 1. The van der Waals surface area contributed by atoms with Crippen LogP contribution in [0.2, 0.25) is 0 Å². The summed E-state index contributed by atoms with van der Waals surface area (Å²) in [6.45, 7) is 5.80. The van der Waals surface area contributed by atoms with Gasteiger partial charge in [0.15, 0.2) is 5.78 Å². The lowest BCUT2D eigenvalue weighted by Crippen LogP contribution is -2.19. The summed E-state index contributed by atoms with van der Waals surface area (Å²) in [6.07, 6.45) is 3.11. The summed E-state index contributed by atoms with van der Waals surface area (Å²) in [5.74, 6) is 1.83. The third-order valence-electron chi connectivity index (χ3n) is 4.49. The molecule has 0 aliphatic heterocycles. The zero-order chi connectivity index (χ0) is 14.3. The van der Waals surface area contributed by atoms with Crippen molar-refractivity contribution in [3.05, 3.63) is 58.0 Å². The Hall–Kier alpha value is -1.83. The number of hydrogen-bond donors (Lipinski definition) is 0. The first-order chi connectivity index (χ1) is 9.59. The molecule has 0 saturated heterocycles. The maximum Gasteiger partial charge on any atom is 0.174 e.